The summed E-state index contributed by atoms with van der Waals surface area (Å²) in [6.45, 7) is 10.0. The second kappa shape index (κ2) is 44.0. The molecule has 0 bridgehead atoms. The Morgan fingerprint density at radius 1 is 0.385 bits per heavy atom. The zero-order valence-electron chi connectivity index (χ0n) is 47.0. The van der Waals surface area contributed by atoms with E-state index in [1.807, 2.05) is 166 Å². The molecular weight excluding hydrogens is 965 g/mol. The van der Waals surface area contributed by atoms with Crippen molar-refractivity contribution in [1.82, 2.24) is 29.9 Å². The van der Waals surface area contributed by atoms with Crippen molar-refractivity contribution in [1.29, 1.82) is 0 Å². The Kier molecular flexibility index (Phi) is 36.6. The summed E-state index contributed by atoms with van der Waals surface area (Å²) in [6.07, 6.45) is 20.5. The zero-order valence-corrected chi connectivity index (χ0v) is 47.0. The molecule has 0 aliphatic rings. The summed E-state index contributed by atoms with van der Waals surface area (Å²) in [5, 5.41) is 0. The predicted octanol–water partition coefficient (Wildman–Crippen LogP) is 12.2. The molecule has 402 valence electrons. The molecule has 1 unspecified atom stereocenters. The molecule has 0 N–H and O–H groups in total. The highest BCUT2D eigenvalue weighted by atomic mass is 14.8. The van der Waals surface area contributed by atoms with Gasteiger partial charge in [0.2, 0.25) is 0 Å². The minimum absolute atomic E-state index is 0.667. The average Bonchev–Trinajstić information content (AvgIpc) is 3.51. The first-order valence-corrected chi connectivity index (χ1v) is 25.5. The van der Waals surface area contributed by atoms with Crippen LogP contribution in [0.15, 0.2) is 247 Å². The third-order valence-electron chi connectivity index (χ3n) is 10.1. The Labute approximate surface area is 463 Å². The second-order valence-corrected chi connectivity index (χ2v) is 16.0. The van der Waals surface area contributed by atoms with Crippen LogP contribution in [0.5, 0.6) is 0 Å². The summed E-state index contributed by atoms with van der Waals surface area (Å²) in [5.74, 6) is 0.667. The normalized spacial score (nSPS) is 11.5. The largest absolute Gasteiger partial charge is 0.294 e. The topological polar surface area (TPSA) is 176 Å². The van der Waals surface area contributed by atoms with Crippen molar-refractivity contribution in [3.63, 3.8) is 0 Å². The third kappa shape index (κ3) is 30.2. The number of hydrogen-bond donors (Lipinski definition) is 0. The minimum Gasteiger partial charge on any atom is -0.294 e. The lowest BCUT2D eigenvalue weighted by Crippen LogP contribution is -2.17. The number of pyridine rings is 6. The summed E-state index contributed by atoms with van der Waals surface area (Å²) in [7, 11) is 10.6. The minimum atomic E-state index is 0.667. The molecule has 14 nitrogen and oxygen atoms in total. The smallest absolute Gasteiger partial charge is 0.0901 e. The number of nitrogens with zero attached hydrogens (tertiary/aromatic N) is 14. The van der Waals surface area contributed by atoms with Gasteiger partial charge < -0.3 is 0 Å². The highest BCUT2D eigenvalue weighted by Gasteiger charge is 2.12. The van der Waals surface area contributed by atoms with E-state index >= 15 is 0 Å². The third-order valence-corrected chi connectivity index (χ3v) is 10.1. The van der Waals surface area contributed by atoms with Crippen LogP contribution in [0, 0.1) is 5.92 Å². The maximum atomic E-state index is 4.39. The van der Waals surface area contributed by atoms with Gasteiger partial charge in [0.15, 0.2) is 0 Å². The summed E-state index contributed by atoms with van der Waals surface area (Å²) >= 11 is 0. The molecule has 8 rings (SSSR count). The molecule has 6 heterocycles. The average molecular weight is 1040 g/mol. The molecule has 0 radical (unpaired) electrons. The first kappa shape index (κ1) is 64.8. The van der Waals surface area contributed by atoms with Gasteiger partial charge in [-0.15, -0.1) is 0 Å². The van der Waals surface area contributed by atoms with Gasteiger partial charge in [-0.25, -0.2) is 0 Å². The van der Waals surface area contributed by atoms with Crippen LogP contribution in [-0.4, -0.2) is 133 Å². The fourth-order valence-corrected chi connectivity index (χ4v) is 5.93. The Balaban J connectivity index is 0.000000317. The van der Waals surface area contributed by atoms with E-state index in [1.165, 1.54) is 6.42 Å². The number of aromatic nitrogens is 6. The van der Waals surface area contributed by atoms with E-state index < -0.39 is 0 Å². The van der Waals surface area contributed by atoms with Crippen LogP contribution in [0.2, 0.25) is 0 Å². The van der Waals surface area contributed by atoms with Crippen molar-refractivity contribution in [3.05, 3.63) is 252 Å². The molecular formula is C64H76N14. The van der Waals surface area contributed by atoms with Gasteiger partial charge in [-0.1, -0.05) is 117 Å². The van der Waals surface area contributed by atoms with Gasteiger partial charge in [0, 0.05) is 135 Å². The number of rotatable bonds is 13. The van der Waals surface area contributed by atoms with E-state index in [2.05, 4.69) is 108 Å². The van der Waals surface area contributed by atoms with Crippen LogP contribution in [0.25, 0.3) is 0 Å². The molecule has 0 amide bonds. The van der Waals surface area contributed by atoms with E-state index in [9.17, 15) is 0 Å². The molecule has 78 heavy (non-hydrogen) atoms. The van der Waals surface area contributed by atoms with E-state index in [-0.39, 0.29) is 0 Å². The number of aliphatic imine (C=N–C) groups is 8. The van der Waals surface area contributed by atoms with Crippen LogP contribution < -0.4 is 0 Å². The van der Waals surface area contributed by atoms with E-state index in [4.69, 9.17) is 0 Å². The molecule has 2 aromatic carbocycles. The highest BCUT2D eigenvalue weighted by molar-refractivity contribution is 6.53. The highest BCUT2D eigenvalue weighted by Crippen LogP contribution is 2.10. The first-order chi connectivity index (χ1) is 38.3. The van der Waals surface area contributed by atoms with E-state index in [1.54, 1.807) is 104 Å². The van der Waals surface area contributed by atoms with Gasteiger partial charge in [-0.2, -0.15) is 0 Å². The zero-order chi connectivity index (χ0) is 56.5. The van der Waals surface area contributed by atoms with Crippen LogP contribution in [-0.2, 0) is 0 Å². The monoisotopic (exact) mass is 1040 g/mol. The van der Waals surface area contributed by atoms with Crippen molar-refractivity contribution in [2.24, 2.45) is 45.9 Å². The first-order valence-electron chi connectivity index (χ1n) is 25.5. The maximum absolute atomic E-state index is 4.39. The number of benzene rings is 2. The standard InChI is InChI=1S/C16H16N2.C11H16N2.2C8H10N2.3C7H8N2/c1-17-15(13-9-5-3-6-10-13)16(18-2)14-11-7-4-8-12-14;1-3-10(2)8-12-9-11-6-4-5-7-13-11;1-7(9-2)8-5-3-4-6-10-8;1-2-9-7-8-5-3-4-6-10-8;3*1-8-6-7-4-2-3-5-9-7/h3-12H,1-2H3;4-7,9-10H,3,8H2,1-2H3;3-6H,1-2H3;3-7H,2H2,1H3;3*2-6H,1H3. The summed E-state index contributed by atoms with van der Waals surface area (Å²) in [6, 6.07) is 54.8. The van der Waals surface area contributed by atoms with Crippen molar-refractivity contribution in [2.75, 3.05) is 55.4 Å². The summed E-state index contributed by atoms with van der Waals surface area (Å²) in [5.41, 5.74) is 10.5. The second-order valence-electron chi connectivity index (χ2n) is 16.0. The Morgan fingerprint density at radius 2 is 0.705 bits per heavy atom. The molecule has 0 aliphatic carbocycles. The fraction of sp³-hybridized carbons (Fsp3) is 0.219. The van der Waals surface area contributed by atoms with Crippen LogP contribution in [0.4, 0.5) is 0 Å². The van der Waals surface area contributed by atoms with Gasteiger partial charge in [0.25, 0.3) is 0 Å². The lowest BCUT2D eigenvalue weighted by molar-refractivity contribution is 0.578. The summed E-state index contributed by atoms with van der Waals surface area (Å²) in [4.78, 5) is 57.0. The molecule has 0 spiro atoms. The molecule has 0 fully saturated rings. The van der Waals surface area contributed by atoms with Crippen LogP contribution >= 0.6 is 0 Å². The Hall–Kier alpha value is -9.30. The lowest BCUT2D eigenvalue weighted by Gasteiger charge is -2.09. The van der Waals surface area contributed by atoms with Crippen molar-refractivity contribution in [2.45, 2.75) is 34.1 Å². The van der Waals surface area contributed by atoms with Crippen LogP contribution in [0.3, 0.4) is 0 Å². The Morgan fingerprint density at radius 3 is 0.974 bits per heavy atom. The van der Waals surface area contributed by atoms with Gasteiger partial charge in [-0.3, -0.25) is 69.8 Å². The quantitative estimate of drug-likeness (QED) is 0.104. The fourth-order valence-electron chi connectivity index (χ4n) is 5.93. The van der Waals surface area contributed by atoms with E-state index in [0.29, 0.717) is 5.92 Å². The molecule has 1 atom stereocenters. The van der Waals surface area contributed by atoms with E-state index in [0.717, 1.165) is 75.5 Å². The Bertz CT molecular complexity index is 2770. The molecule has 0 aliphatic heterocycles. The predicted molar refractivity (Wildman–Crippen MR) is 332 cm³/mol. The molecule has 0 saturated heterocycles. The van der Waals surface area contributed by atoms with Crippen molar-refractivity contribution in [3.8, 4) is 0 Å². The number of hydrogen-bond acceptors (Lipinski definition) is 14. The van der Waals surface area contributed by atoms with Gasteiger partial charge in [-0.05, 0) is 92.6 Å². The summed E-state index contributed by atoms with van der Waals surface area (Å²) < 4.78 is 0. The van der Waals surface area contributed by atoms with Gasteiger partial charge >= 0.3 is 0 Å². The van der Waals surface area contributed by atoms with Crippen LogP contribution in [0.1, 0.15) is 79.4 Å². The van der Waals surface area contributed by atoms with Gasteiger partial charge in [0.1, 0.15) is 0 Å². The van der Waals surface area contributed by atoms with Crippen molar-refractivity contribution < 1.29 is 0 Å². The van der Waals surface area contributed by atoms with Crippen molar-refractivity contribution >= 4 is 48.2 Å². The lowest BCUT2D eigenvalue weighted by atomic mass is 10.00. The molecule has 0 saturated carbocycles. The van der Waals surface area contributed by atoms with Gasteiger partial charge in [0.05, 0.1) is 51.3 Å². The maximum Gasteiger partial charge on any atom is 0.0901 e. The SMILES string of the molecule is CCC(C)CN=Cc1ccccn1.CCN=Cc1ccccn1.CN=C(C(=NC)c1ccccc1)c1ccccc1.CN=C(C)c1ccccn1.CN=Cc1ccccn1.CN=Cc1ccccn1.CN=Cc1ccccn1. The molecule has 6 aromatic heterocycles. The molecule has 8 aromatic rings. The molecule has 14 heteroatoms.